The van der Waals surface area contributed by atoms with Crippen LogP contribution in [0, 0.1) is 0 Å². The molecule has 0 bridgehead atoms. The molecular weight excluding hydrogens is 434 g/mol. The molecule has 34 heavy (non-hydrogen) atoms. The Balaban J connectivity index is 1.59. The molecule has 0 fully saturated rings. The Morgan fingerprint density at radius 1 is 0.588 bits per heavy atom. The first-order valence-electron chi connectivity index (χ1n) is 11.2. The zero-order valence-electron chi connectivity index (χ0n) is 18.2. The second-order valence-corrected chi connectivity index (χ2v) is 9.31. The van der Waals surface area contributed by atoms with E-state index in [0.29, 0.717) is 0 Å². The van der Waals surface area contributed by atoms with Crippen LogP contribution in [0.3, 0.4) is 0 Å². The van der Waals surface area contributed by atoms with Gasteiger partial charge >= 0.3 is 0 Å². The van der Waals surface area contributed by atoms with Gasteiger partial charge in [-0.05, 0) is 93.7 Å². The van der Waals surface area contributed by atoms with Crippen molar-refractivity contribution in [1.29, 1.82) is 0 Å². The number of para-hydroxylation sites is 1. The summed E-state index contributed by atoms with van der Waals surface area (Å²) in [7, 11) is 0. The van der Waals surface area contributed by atoms with Crippen LogP contribution in [0.2, 0.25) is 0 Å². The Hall–Kier alpha value is -4.28. The second-order valence-electron chi connectivity index (χ2n) is 8.39. The van der Waals surface area contributed by atoms with Gasteiger partial charge in [0.05, 0.1) is 11.0 Å². The molecule has 0 unspecified atom stereocenters. The molecule has 4 heteroatoms. The minimum atomic E-state index is 1.14. The summed E-state index contributed by atoms with van der Waals surface area (Å²) in [5, 5.41) is 6.08. The van der Waals surface area contributed by atoms with Gasteiger partial charge in [0.15, 0.2) is 0 Å². The second kappa shape index (κ2) is 7.65. The van der Waals surface area contributed by atoms with E-state index in [2.05, 4.69) is 105 Å². The number of aromatic nitrogens is 3. The quantitative estimate of drug-likeness (QED) is 0.270. The molecule has 0 radical (unpaired) electrons. The fourth-order valence-electron chi connectivity index (χ4n) is 4.92. The molecule has 0 saturated carbocycles. The lowest BCUT2D eigenvalue weighted by atomic mass is 9.99. The van der Waals surface area contributed by atoms with Crippen LogP contribution in [-0.2, 0) is 0 Å². The molecule has 3 nitrogen and oxygen atoms in total. The van der Waals surface area contributed by atoms with E-state index in [0.717, 1.165) is 27.9 Å². The Morgan fingerprint density at radius 2 is 1.26 bits per heavy atom. The van der Waals surface area contributed by atoms with Gasteiger partial charge in [0.1, 0.15) is 0 Å². The first kappa shape index (κ1) is 19.2. The summed E-state index contributed by atoms with van der Waals surface area (Å²) in [6, 6.07) is 30.5. The van der Waals surface area contributed by atoms with Gasteiger partial charge in [-0.1, -0.05) is 24.3 Å². The van der Waals surface area contributed by atoms with E-state index >= 15 is 0 Å². The zero-order valence-corrected chi connectivity index (χ0v) is 19.0. The van der Waals surface area contributed by atoms with Crippen molar-refractivity contribution in [3.8, 4) is 27.9 Å². The van der Waals surface area contributed by atoms with E-state index in [9.17, 15) is 0 Å². The van der Waals surface area contributed by atoms with E-state index < -0.39 is 0 Å². The number of hydrogen-bond acceptors (Lipinski definition) is 3. The zero-order chi connectivity index (χ0) is 22.5. The van der Waals surface area contributed by atoms with Crippen molar-refractivity contribution in [2.24, 2.45) is 0 Å². The fourth-order valence-corrected chi connectivity index (χ4v) is 5.87. The van der Waals surface area contributed by atoms with Crippen LogP contribution in [-0.4, -0.2) is 14.5 Å². The van der Waals surface area contributed by atoms with Crippen molar-refractivity contribution in [3.05, 3.63) is 115 Å². The lowest BCUT2D eigenvalue weighted by molar-refractivity contribution is 1.18. The SMILES string of the molecule is c1ccc2c(c1)c1c3sccc3ccc1n2-c1cc(-c2ccncc2)cc(-c2ccncc2)c1. The van der Waals surface area contributed by atoms with Crippen LogP contribution in [0.1, 0.15) is 0 Å². The van der Waals surface area contributed by atoms with Crippen molar-refractivity contribution in [2.45, 2.75) is 0 Å². The van der Waals surface area contributed by atoms with Crippen LogP contribution < -0.4 is 0 Å². The highest BCUT2D eigenvalue weighted by atomic mass is 32.1. The summed E-state index contributed by atoms with van der Waals surface area (Å²) in [5.41, 5.74) is 8.20. The van der Waals surface area contributed by atoms with Crippen LogP contribution in [0.4, 0.5) is 0 Å². The molecular formula is C30H19N3S. The third kappa shape index (κ3) is 2.96. The smallest absolute Gasteiger partial charge is 0.0555 e. The number of pyridine rings is 2. The predicted molar refractivity (Wildman–Crippen MR) is 143 cm³/mol. The molecule has 0 atom stereocenters. The number of fused-ring (bicyclic) bond motifs is 5. The molecule has 7 rings (SSSR count). The van der Waals surface area contributed by atoms with Crippen molar-refractivity contribution in [2.75, 3.05) is 0 Å². The first-order valence-corrected chi connectivity index (χ1v) is 12.1. The molecule has 0 spiro atoms. The fraction of sp³-hybridized carbons (Fsp3) is 0. The lowest BCUT2D eigenvalue weighted by Crippen LogP contribution is -1.96. The minimum absolute atomic E-state index is 1.14. The number of rotatable bonds is 3. The van der Waals surface area contributed by atoms with Crippen LogP contribution in [0.25, 0.3) is 59.8 Å². The van der Waals surface area contributed by atoms with Gasteiger partial charge in [-0.25, -0.2) is 0 Å². The Kier molecular flexibility index (Phi) is 4.32. The maximum Gasteiger partial charge on any atom is 0.0555 e. The molecule has 0 N–H and O–H groups in total. The summed E-state index contributed by atoms with van der Waals surface area (Å²) >= 11 is 1.81. The van der Waals surface area contributed by atoms with Crippen LogP contribution >= 0.6 is 11.3 Å². The van der Waals surface area contributed by atoms with Gasteiger partial charge in [0.2, 0.25) is 0 Å². The van der Waals surface area contributed by atoms with Gasteiger partial charge in [-0.3, -0.25) is 9.97 Å². The van der Waals surface area contributed by atoms with E-state index in [-0.39, 0.29) is 0 Å². The van der Waals surface area contributed by atoms with Crippen molar-refractivity contribution >= 4 is 43.2 Å². The Morgan fingerprint density at radius 3 is 1.97 bits per heavy atom. The predicted octanol–water partition coefficient (Wildman–Crippen LogP) is 8.12. The highest BCUT2D eigenvalue weighted by Crippen LogP contribution is 2.40. The van der Waals surface area contributed by atoms with Crippen molar-refractivity contribution < 1.29 is 0 Å². The maximum atomic E-state index is 4.22. The normalized spacial score (nSPS) is 11.5. The van der Waals surface area contributed by atoms with E-state index in [1.807, 2.05) is 36.1 Å². The standard InChI is InChI=1S/C30H19N3S/c1-2-4-27-26(3-1)29-28(6-5-22-11-16-34-30(22)29)33(27)25-18-23(20-7-12-31-13-8-20)17-24(19-25)21-9-14-32-15-10-21/h1-19H. The number of thiophene rings is 1. The van der Waals surface area contributed by atoms with Gasteiger partial charge in [-0.2, -0.15) is 0 Å². The molecule has 0 aliphatic carbocycles. The van der Waals surface area contributed by atoms with E-state index in [1.54, 1.807) is 0 Å². The monoisotopic (exact) mass is 453 g/mol. The van der Waals surface area contributed by atoms with Gasteiger partial charge in [0, 0.05) is 45.9 Å². The first-order chi connectivity index (χ1) is 16.9. The van der Waals surface area contributed by atoms with Gasteiger partial charge < -0.3 is 4.57 Å². The molecule has 0 saturated heterocycles. The minimum Gasteiger partial charge on any atom is -0.309 e. The Bertz CT molecular complexity index is 1740. The average Bonchev–Trinajstić information content (AvgIpc) is 3.52. The molecule has 4 heterocycles. The maximum absolute atomic E-state index is 4.22. The molecule has 0 amide bonds. The summed E-state index contributed by atoms with van der Waals surface area (Å²) in [6.45, 7) is 0. The van der Waals surface area contributed by atoms with Crippen molar-refractivity contribution in [3.63, 3.8) is 0 Å². The molecule has 0 aliphatic heterocycles. The molecule has 160 valence electrons. The van der Waals surface area contributed by atoms with Crippen LogP contribution in [0.5, 0.6) is 0 Å². The third-order valence-electron chi connectivity index (χ3n) is 6.46. The molecule has 4 aromatic heterocycles. The average molecular weight is 454 g/mol. The highest BCUT2D eigenvalue weighted by Gasteiger charge is 2.16. The van der Waals surface area contributed by atoms with Crippen LogP contribution in [0.15, 0.2) is 115 Å². The Labute approximate surface area is 200 Å². The number of hydrogen-bond donors (Lipinski definition) is 0. The third-order valence-corrected chi connectivity index (χ3v) is 7.41. The molecule has 7 aromatic rings. The summed E-state index contributed by atoms with van der Waals surface area (Å²) < 4.78 is 3.74. The highest BCUT2D eigenvalue weighted by molar-refractivity contribution is 7.18. The summed E-state index contributed by atoms with van der Waals surface area (Å²) in [5.74, 6) is 0. The topological polar surface area (TPSA) is 30.7 Å². The summed E-state index contributed by atoms with van der Waals surface area (Å²) in [4.78, 5) is 8.43. The largest absolute Gasteiger partial charge is 0.309 e. The number of nitrogens with zero attached hydrogens (tertiary/aromatic N) is 3. The lowest BCUT2D eigenvalue weighted by Gasteiger charge is -2.14. The molecule has 0 aliphatic rings. The number of benzene rings is 3. The van der Waals surface area contributed by atoms with E-state index in [4.69, 9.17) is 0 Å². The molecule has 3 aromatic carbocycles. The summed E-state index contributed by atoms with van der Waals surface area (Å²) in [6.07, 6.45) is 7.40. The van der Waals surface area contributed by atoms with Crippen molar-refractivity contribution in [1.82, 2.24) is 14.5 Å². The van der Waals surface area contributed by atoms with Gasteiger partial charge in [-0.15, -0.1) is 11.3 Å². The van der Waals surface area contributed by atoms with E-state index in [1.165, 1.54) is 31.9 Å². The van der Waals surface area contributed by atoms with Gasteiger partial charge in [0.25, 0.3) is 0 Å².